The van der Waals surface area contributed by atoms with Crippen molar-refractivity contribution in [3.63, 3.8) is 0 Å². The quantitative estimate of drug-likeness (QED) is 0.654. The maximum atomic E-state index is 11.8. The number of nitrogens with one attached hydrogen (secondary N) is 1. The number of hydrazone groups is 1. The van der Waals surface area contributed by atoms with Crippen molar-refractivity contribution < 1.29 is 19.1 Å². The molecule has 0 atom stereocenters. The first-order chi connectivity index (χ1) is 10.1. The zero-order valence-electron chi connectivity index (χ0n) is 11.8. The van der Waals surface area contributed by atoms with Crippen molar-refractivity contribution in [3.8, 4) is 11.5 Å². The maximum absolute atomic E-state index is 11.8. The van der Waals surface area contributed by atoms with E-state index in [0.717, 1.165) is 0 Å². The van der Waals surface area contributed by atoms with Crippen molar-refractivity contribution in [2.45, 2.75) is 13.8 Å². The van der Waals surface area contributed by atoms with Crippen molar-refractivity contribution in [1.82, 2.24) is 5.43 Å². The van der Waals surface area contributed by atoms with Crippen molar-refractivity contribution in [1.29, 1.82) is 0 Å². The standard InChI is InChI=1S/C15H16N2O4/c1-3-20-13-6-4-5-11(14(13)18)9-16-17-15(19)12-7-8-21-10(12)2/h4-9,18H,3H2,1-2H3,(H,17,19)/b16-9+. The lowest BCUT2D eigenvalue weighted by molar-refractivity contribution is 0.0953. The molecule has 2 rings (SSSR count). The number of phenolic OH excluding ortho intramolecular Hbond substituents is 1. The number of rotatable bonds is 5. The Kier molecular flexibility index (Phi) is 4.61. The summed E-state index contributed by atoms with van der Waals surface area (Å²) in [6, 6.07) is 6.61. The average Bonchev–Trinajstić information content (AvgIpc) is 2.89. The lowest BCUT2D eigenvalue weighted by Crippen LogP contribution is -2.17. The topological polar surface area (TPSA) is 84.1 Å². The van der Waals surface area contributed by atoms with Crippen molar-refractivity contribution in [2.24, 2.45) is 5.10 Å². The van der Waals surface area contributed by atoms with Gasteiger partial charge in [0.2, 0.25) is 0 Å². The van der Waals surface area contributed by atoms with Gasteiger partial charge in [-0.05, 0) is 32.0 Å². The fourth-order valence-electron chi connectivity index (χ4n) is 1.76. The van der Waals surface area contributed by atoms with Crippen molar-refractivity contribution in [3.05, 3.63) is 47.4 Å². The van der Waals surface area contributed by atoms with Crippen LogP contribution in [0.5, 0.6) is 11.5 Å². The van der Waals surface area contributed by atoms with Crippen LogP contribution in [0.2, 0.25) is 0 Å². The molecular formula is C15H16N2O4. The van der Waals surface area contributed by atoms with Crippen molar-refractivity contribution in [2.75, 3.05) is 6.61 Å². The monoisotopic (exact) mass is 288 g/mol. The van der Waals surface area contributed by atoms with Gasteiger partial charge < -0.3 is 14.3 Å². The SMILES string of the molecule is CCOc1cccc(/C=N/NC(=O)c2ccoc2C)c1O. The second kappa shape index (κ2) is 6.60. The number of hydrogen-bond acceptors (Lipinski definition) is 5. The molecule has 0 saturated carbocycles. The number of furan rings is 1. The summed E-state index contributed by atoms with van der Waals surface area (Å²) in [5, 5.41) is 13.8. The summed E-state index contributed by atoms with van der Waals surface area (Å²) in [5.41, 5.74) is 3.24. The minimum Gasteiger partial charge on any atom is -0.504 e. The highest BCUT2D eigenvalue weighted by Gasteiger charge is 2.10. The van der Waals surface area contributed by atoms with Gasteiger partial charge in [-0.3, -0.25) is 4.79 Å². The molecule has 21 heavy (non-hydrogen) atoms. The highest BCUT2D eigenvalue weighted by molar-refractivity contribution is 5.95. The van der Waals surface area contributed by atoms with Crippen LogP contribution in [0.25, 0.3) is 0 Å². The molecule has 0 spiro atoms. The zero-order valence-corrected chi connectivity index (χ0v) is 11.8. The van der Waals surface area contributed by atoms with E-state index >= 15 is 0 Å². The summed E-state index contributed by atoms with van der Waals surface area (Å²) in [6.07, 6.45) is 2.79. The zero-order chi connectivity index (χ0) is 15.2. The Balaban J connectivity index is 2.07. The number of aryl methyl sites for hydroxylation is 1. The first kappa shape index (κ1) is 14.6. The summed E-state index contributed by atoms with van der Waals surface area (Å²) in [6.45, 7) is 3.97. The number of phenols is 1. The fourth-order valence-corrected chi connectivity index (χ4v) is 1.76. The molecule has 2 N–H and O–H groups in total. The third-order valence-corrected chi connectivity index (χ3v) is 2.80. The molecule has 0 bridgehead atoms. The Morgan fingerprint density at radius 1 is 1.48 bits per heavy atom. The smallest absolute Gasteiger partial charge is 0.274 e. The second-order valence-corrected chi connectivity index (χ2v) is 4.22. The summed E-state index contributed by atoms with van der Waals surface area (Å²) in [4.78, 5) is 11.8. The first-order valence-electron chi connectivity index (χ1n) is 6.45. The first-order valence-corrected chi connectivity index (χ1v) is 6.45. The molecule has 2 aromatic rings. The van der Waals surface area contributed by atoms with Crippen LogP contribution in [0.4, 0.5) is 0 Å². The number of para-hydroxylation sites is 1. The van der Waals surface area contributed by atoms with Crippen LogP contribution < -0.4 is 10.2 Å². The van der Waals surface area contributed by atoms with Gasteiger partial charge in [-0.15, -0.1) is 0 Å². The van der Waals surface area contributed by atoms with E-state index in [9.17, 15) is 9.90 Å². The van der Waals surface area contributed by atoms with Gasteiger partial charge in [-0.2, -0.15) is 5.10 Å². The molecule has 0 radical (unpaired) electrons. The van der Waals surface area contributed by atoms with Crippen LogP contribution in [0, 0.1) is 6.92 Å². The Morgan fingerprint density at radius 2 is 2.29 bits per heavy atom. The van der Waals surface area contributed by atoms with Gasteiger partial charge in [0.15, 0.2) is 11.5 Å². The van der Waals surface area contributed by atoms with Crippen LogP contribution in [-0.2, 0) is 0 Å². The molecule has 0 unspecified atom stereocenters. The molecule has 0 aliphatic carbocycles. The third-order valence-electron chi connectivity index (χ3n) is 2.80. The van der Waals surface area contributed by atoms with Gasteiger partial charge in [0.05, 0.1) is 24.6 Å². The molecule has 0 aliphatic rings. The Labute approximate surface area is 122 Å². The minimum atomic E-state index is -0.377. The second-order valence-electron chi connectivity index (χ2n) is 4.22. The Bertz CT molecular complexity index is 661. The molecule has 1 heterocycles. The number of nitrogens with zero attached hydrogens (tertiary/aromatic N) is 1. The van der Waals surface area contributed by atoms with E-state index in [2.05, 4.69) is 10.5 Å². The summed E-state index contributed by atoms with van der Waals surface area (Å²) in [5.74, 6) is 0.497. The van der Waals surface area contributed by atoms with Crippen LogP contribution in [0.15, 0.2) is 40.0 Å². The number of amides is 1. The van der Waals surface area contributed by atoms with Gasteiger partial charge >= 0.3 is 0 Å². The third kappa shape index (κ3) is 3.42. The molecule has 110 valence electrons. The minimum absolute atomic E-state index is 0.0168. The van der Waals surface area contributed by atoms with Crippen molar-refractivity contribution >= 4 is 12.1 Å². The van der Waals surface area contributed by atoms with E-state index in [0.29, 0.717) is 29.2 Å². The lowest BCUT2D eigenvalue weighted by Gasteiger charge is -2.07. The number of benzene rings is 1. The summed E-state index contributed by atoms with van der Waals surface area (Å²) >= 11 is 0. The van der Waals surface area contributed by atoms with Crippen LogP contribution in [-0.4, -0.2) is 23.8 Å². The number of hydrogen-bond donors (Lipinski definition) is 2. The van der Waals surface area contributed by atoms with Gasteiger partial charge in [0.1, 0.15) is 5.76 Å². The molecule has 0 saturated heterocycles. The van der Waals surface area contributed by atoms with E-state index in [1.807, 2.05) is 6.92 Å². The van der Waals surface area contributed by atoms with Crippen LogP contribution in [0.1, 0.15) is 28.6 Å². The van der Waals surface area contributed by atoms with Gasteiger partial charge in [0, 0.05) is 5.56 Å². The maximum Gasteiger partial charge on any atom is 0.274 e. The van der Waals surface area contributed by atoms with Crippen LogP contribution >= 0.6 is 0 Å². The van der Waals surface area contributed by atoms with E-state index < -0.39 is 0 Å². The number of carbonyl (C=O) groups excluding carboxylic acids is 1. The number of ether oxygens (including phenoxy) is 1. The predicted octanol–water partition coefficient (Wildman–Crippen LogP) is 2.46. The summed E-state index contributed by atoms with van der Waals surface area (Å²) < 4.78 is 10.3. The largest absolute Gasteiger partial charge is 0.504 e. The highest BCUT2D eigenvalue weighted by atomic mass is 16.5. The van der Waals surface area contributed by atoms with E-state index in [1.165, 1.54) is 12.5 Å². The summed E-state index contributed by atoms with van der Waals surface area (Å²) in [7, 11) is 0. The molecule has 0 fully saturated rings. The normalized spacial score (nSPS) is 10.8. The van der Waals surface area contributed by atoms with Crippen LogP contribution in [0.3, 0.4) is 0 Å². The lowest BCUT2D eigenvalue weighted by atomic mass is 10.2. The molecule has 0 aliphatic heterocycles. The molecular weight excluding hydrogens is 272 g/mol. The molecule has 1 aromatic carbocycles. The number of carbonyl (C=O) groups is 1. The molecule has 1 aromatic heterocycles. The molecule has 6 heteroatoms. The Morgan fingerprint density at radius 3 is 2.95 bits per heavy atom. The molecule has 6 nitrogen and oxygen atoms in total. The van der Waals surface area contributed by atoms with E-state index in [1.54, 1.807) is 31.2 Å². The van der Waals surface area contributed by atoms with E-state index in [-0.39, 0.29) is 11.7 Å². The van der Waals surface area contributed by atoms with Gasteiger partial charge in [-0.25, -0.2) is 5.43 Å². The Hall–Kier alpha value is -2.76. The number of aromatic hydroxyl groups is 1. The highest BCUT2D eigenvalue weighted by Crippen LogP contribution is 2.28. The molecule has 1 amide bonds. The fraction of sp³-hybridized carbons (Fsp3) is 0.200. The van der Waals surface area contributed by atoms with Gasteiger partial charge in [-0.1, -0.05) is 6.07 Å². The predicted molar refractivity (Wildman–Crippen MR) is 77.8 cm³/mol. The average molecular weight is 288 g/mol. The van der Waals surface area contributed by atoms with Gasteiger partial charge in [0.25, 0.3) is 5.91 Å². The van der Waals surface area contributed by atoms with E-state index in [4.69, 9.17) is 9.15 Å².